The summed E-state index contributed by atoms with van der Waals surface area (Å²) in [5.74, 6) is 0.988. The smallest absolute Gasteiger partial charge is 0.257 e. The van der Waals surface area contributed by atoms with Crippen LogP contribution in [0.4, 0.5) is 11.4 Å². The van der Waals surface area contributed by atoms with Crippen molar-refractivity contribution in [3.05, 3.63) is 53.1 Å². The predicted molar refractivity (Wildman–Crippen MR) is 119 cm³/mol. The quantitative estimate of drug-likeness (QED) is 0.705. The molecule has 148 valence electrons. The van der Waals surface area contributed by atoms with E-state index in [1.807, 2.05) is 12.1 Å². The van der Waals surface area contributed by atoms with Gasteiger partial charge in [-0.05, 0) is 73.4 Å². The normalized spacial score (nSPS) is 14.5. The first kappa shape index (κ1) is 20.4. The molecule has 0 atom stereocenters. The van der Waals surface area contributed by atoms with Crippen molar-refractivity contribution < 1.29 is 9.53 Å². The van der Waals surface area contributed by atoms with E-state index in [0.29, 0.717) is 16.3 Å². The van der Waals surface area contributed by atoms with Gasteiger partial charge in [-0.2, -0.15) is 0 Å². The maximum atomic E-state index is 12.3. The van der Waals surface area contributed by atoms with Crippen LogP contribution in [-0.4, -0.2) is 31.2 Å². The number of piperidine rings is 1. The number of rotatable bonds is 4. The fourth-order valence-electron chi connectivity index (χ4n) is 3.17. The maximum Gasteiger partial charge on any atom is 0.257 e. The highest BCUT2D eigenvalue weighted by molar-refractivity contribution is 7.80. The number of halogens is 1. The number of benzene rings is 2. The zero-order valence-electron chi connectivity index (χ0n) is 16.0. The van der Waals surface area contributed by atoms with Crippen molar-refractivity contribution in [1.82, 2.24) is 5.32 Å². The molecule has 0 radical (unpaired) electrons. The van der Waals surface area contributed by atoms with Crippen LogP contribution in [-0.2, 0) is 0 Å². The molecule has 0 bridgehead atoms. The lowest BCUT2D eigenvalue weighted by Crippen LogP contribution is -2.34. The first-order valence-electron chi connectivity index (χ1n) is 9.27. The van der Waals surface area contributed by atoms with Gasteiger partial charge in [0.15, 0.2) is 5.11 Å². The topological polar surface area (TPSA) is 53.6 Å². The van der Waals surface area contributed by atoms with E-state index in [1.165, 1.54) is 25.6 Å². The van der Waals surface area contributed by atoms with Gasteiger partial charge in [-0.25, -0.2) is 0 Å². The number of methoxy groups -OCH3 is 1. The fraction of sp³-hybridized carbons (Fsp3) is 0.333. The summed E-state index contributed by atoms with van der Waals surface area (Å²) in [5.41, 5.74) is 2.44. The largest absolute Gasteiger partial charge is 0.495 e. The van der Waals surface area contributed by atoms with Crippen LogP contribution < -0.4 is 20.3 Å². The molecule has 28 heavy (non-hydrogen) atoms. The zero-order valence-corrected chi connectivity index (χ0v) is 17.6. The number of thiocarbonyl (C=S) groups is 1. The van der Waals surface area contributed by atoms with Gasteiger partial charge < -0.3 is 15.0 Å². The van der Waals surface area contributed by atoms with Crippen LogP contribution in [0, 0.1) is 5.92 Å². The number of carbonyl (C=O) groups is 1. The second-order valence-corrected chi connectivity index (χ2v) is 7.79. The average Bonchev–Trinajstić information content (AvgIpc) is 2.69. The van der Waals surface area contributed by atoms with Crippen LogP contribution in [0.1, 0.15) is 30.1 Å². The molecule has 0 aromatic heterocycles. The van der Waals surface area contributed by atoms with E-state index in [1.54, 1.807) is 18.2 Å². The number of nitrogens with one attached hydrogen (secondary N) is 2. The van der Waals surface area contributed by atoms with Gasteiger partial charge in [-0.3, -0.25) is 10.1 Å². The highest BCUT2D eigenvalue weighted by Gasteiger charge is 2.16. The second kappa shape index (κ2) is 9.26. The fourth-order valence-corrected chi connectivity index (χ4v) is 3.64. The SMILES string of the molecule is COc1ccc(C(=O)NC(=S)Nc2ccc(N3CCC(C)CC3)cc2)cc1Cl. The Morgan fingerprint density at radius 3 is 2.46 bits per heavy atom. The molecule has 2 N–H and O–H groups in total. The molecule has 1 fully saturated rings. The Hall–Kier alpha value is -2.31. The van der Waals surface area contributed by atoms with Crippen LogP contribution in [0.5, 0.6) is 5.75 Å². The molecule has 1 aliphatic rings. The summed E-state index contributed by atoms with van der Waals surface area (Å²) in [7, 11) is 1.52. The number of nitrogens with zero attached hydrogens (tertiary/aromatic N) is 1. The maximum absolute atomic E-state index is 12.3. The summed E-state index contributed by atoms with van der Waals surface area (Å²) in [4.78, 5) is 14.7. The van der Waals surface area contributed by atoms with Gasteiger partial charge in [-0.1, -0.05) is 18.5 Å². The van der Waals surface area contributed by atoms with Crippen molar-refractivity contribution in [3.63, 3.8) is 0 Å². The molecule has 1 aliphatic heterocycles. The number of anilines is 2. The molecule has 2 aromatic carbocycles. The summed E-state index contributed by atoms with van der Waals surface area (Å²) >= 11 is 11.3. The number of hydrogen-bond donors (Lipinski definition) is 2. The minimum Gasteiger partial charge on any atom is -0.495 e. The molecule has 1 amide bonds. The molecular weight excluding hydrogens is 394 g/mol. The molecule has 0 spiro atoms. The number of carbonyl (C=O) groups excluding carboxylic acids is 1. The third kappa shape index (κ3) is 5.14. The summed E-state index contributed by atoms with van der Waals surface area (Å²) in [6.07, 6.45) is 2.46. The van der Waals surface area contributed by atoms with E-state index in [2.05, 4.69) is 34.6 Å². The molecule has 0 aliphatic carbocycles. The molecule has 7 heteroatoms. The third-order valence-electron chi connectivity index (χ3n) is 4.91. The Balaban J connectivity index is 1.55. The van der Waals surface area contributed by atoms with Crippen LogP contribution in [0.2, 0.25) is 5.02 Å². The molecule has 3 rings (SSSR count). The highest BCUT2D eigenvalue weighted by atomic mass is 35.5. The molecule has 1 saturated heterocycles. The van der Waals surface area contributed by atoms with E-state index in [9.17, 15) is 4.79 Å². The standard InChI is InChI=1S/C21H24ClN3O2S/c1-14-9-11-25(12-10-14)17-6-4-16(5-7-17)23-21(28)24-20(26)15-3-8-19(27-2)18(22)13-15/h3-8,13-14H,9-12H2,1-2H3,(H2,23,24,26,28). The average molecular weight is 418 g/mol. The lowest BCUT2D eigenvalue weighted by molar-refractivity contribution is 0.0977. The Bertz CT molecular complexity index is 849. The summed E-state index contributed by atoms with van der Waals surface area (Å²) in [5, 5.41) is 6.31. The van der Waals surface area contributed by atoms with E-state index in [-0.39, 0.29) is 11.0 Å². The zero-order chi connectivity index (χ0) is 20.1. The van der Waals surface area contributed by atoms with E-state index in [0.717, 1.165) is 24.7 Å². The first-order valence-corrected chi connectivity index (χ1v) is 10.1. The molecule has 2 aromatic rings. The van der Waals surface area contributed by atoms with Crippen LogP contribution in [0.15, 0.2) is 42.5 Å². The van der Waals surface area contributed by atoms with Crippen LogP contribution in [0.3, 0.4) is 0 Å². The molecule has 0 unspecified atom stereocenters. The Kier molecular flexibility index (Phi) is 6.75. The molecule has 1 heterocycles. The lowest BCUT2D eigenvalue weighted by Gasteiger charge is -2.32. The Morgan fingerprint density at radius 1 is 1.18 bits per heavy atom. The molecule has 0 saturated carbocycles. The first-order chi connectivity index (χ1) is 13.5. The van der Waals surface area contributed by atoms with Crippen molar-refractivity contribution in [2.24, 2.45) is 5.92 Å². The van der Waals surface area contributed by atoms with Gasteiger partial charge in [0, 0.05) is 30.0 Å². The minimum atomic E-state index is -0.332. The van der Waals surface area contributed by atoms with Crippen molar-refractivity contribution in [2.75, 3.05) is 30.4 Å². The van der Waals surface area contributed by atoms with E-state index >= 15 is 0 Å². The van der Waals surface area contributed by atoms with Gasteiger partial charge in [0.25, 0.3) is 5.91 Å². The van der Waals surface area contributed by atoms with Crippen LogP contribution in [0.25, 0.3) is 0 Å². The third-order valence-corrected chi connectivity index (χ3v) is 5.41. The van der Waals surface area contributed by atoms with Crippen molar-refractivity contribution in [1.29, 1.82) is 0 Å². The monoisotopic (exact) mass is 417 g/mol. The Morgan fingerprint density at radius 2 is 1.86 bits per heavy atom. The summed E-state index contributed by atoms with van der Waals surface area (Å²) in [6.45, 7) is 4.49. The predicted octanol–water partition coefficient (Wildman–Crippen LogP) is 4.71. The highest BCUT2D eigenvalue weighted by Crippen LogP contribution is 2.25. The number of amides is 1. The van der Waals surface area contributed by atoms with Crippen molar-refractivity contribution in [3.8, 4) is 5.75 Å². The van der Waals surface area contributed by atoms with Gasteiger partial charge in [0.1, 0.15) is 5.75 Å². The number of ether oxygens (including phenoxy) is 1. The number of hydrogen-bond acceptors (Lipinski definition) is 4. The van der Waals surface area contributed by atoms with Gasteiger partial charge in [0.2, 0.25) is 0 Å². The van der Waals surface area contributed by atoms with Crippen molar-refractivity contribution >= 4 is 46.2 Å². The Labute approximate surface area is 176 Å². The van der Waals surface area contributed by atoms with Gasteiger partial charge >= 0.3 is 0 Å². The summed E-state index contributed by atoms with van der Waals surface area (Å²) < 4.78 is 5.09. The lowest BCUT2D eigenvalue weighted by atomic mass is 9.99. The minimum absolute atomic E-state index is 0.233. The summed E-state index contributed by atoms with van der Waals surface area (Å²) in [6, 6.07) is 12.9. The van der Waals surface area contributed by atoms with E-state index in [4.69, 9.17) is 28.6 Å². The van der Waals surface area contributed by atoms with Crippen LogP contribution >= 0.6 is 23.8 Å². The van der Waals surface area contributed by atoms with Gasteiger partial charge in [-0.15, -0.1) is 0 Å². The van der Waals surface area contributed by atoms with Gasteiger partial charge in [0.05, 0.1) is 12.1 Å². The molecule has 5 nitrogen and oxygen atoms in total. The van der Waals surface area contributed by atoms with E-state index < -0.39 is 0 Å². The van der Waals surface area contributed by atoms with Crippen molar-refractivity contribution in [2.45, 2.75) is 19.8 Å². The molecular formula is C21H24ClN3O2S. The second-order valence-electron chi connectivity index (χ2n) is 6.97.